The normalized spacial score (nSPS) is 24.6. The summed E-state index contributed by atoms with van der Waals surface area (Å²) in [7, 11) is 2.22. The standard InChI is InChI=1S/C24H33ClN4/c1-5-17(2)26-21(18(3)25)9-7-12-28-13-11-22-20(16-28)19-8-6-10-23-24(19)29(22)15-14-27(23)4/h5-6,8,10,20,22H,3,7,9,11-16H2,1-2,4H3/b17-5-,26-21?. The van der Waals surface area contributed by atoms with Crippen molar-refractivity contribution in [3.05, 3.63) is 47.1 Å². The van der Waals surface area contributed by atoms with E-state index in [1.54, 1.807) is 5.56 Å². The average molecular weight is 413 g/mol. The van der Waals surface area contributed by atoms with Crippen LogP contribution in [0.1, 0.15) is 44.6 Å². The monoisotopic (exact) mass is 412 g/mol. The molecular weight excluding hydrogens is 380 g/mol. The van der Waals surface area contributed by atoms with E-state index in [0.717, 1.165) is 50.4 Å². The minimum Gasteiger partial charge on any atom is -0.371 e. The van der Waals surface area contributed by atoms with E-state index >= 15 is 0 Å². The number of nitrogens with zero attached hydrogens (tertiary/aromatic N) is 4. The third-order valence-corrected chi connectivity index (χ3v) is 7.03. The van der Waals surface area contributed by atoms with Gasteiger partial charge in [0.15, 0.2) is 0 Å². The van der Waals surface area contributed by atoms with Crippen molar-refractivity contribution >= 4 is 28.7 Å². The lowest BCUT2D eigenvalue weighted by Gasteiger charge is -2.41. The molecule has 3 aliphatic rings. The van der Waals surface area contributed by atoms with Crippen LogP contribution in [0.2, 0.25) is 0 Å². The van der Waals surface area contributed by atoms with Crippen molar-refractivity contribution in [3.63, 3.8) is 0 Å². The lowest BCUT2D eigenvalue weighted by molar-refractivity contribution is 0.192. The van der Waals surface area contributed by atoms with Crippen molar-refractivity contribution in [2.24, 2.45) is 4.99 Å². The minimum atomic E-state index is 0.570. The Bertz CT molecular complexity index is 843. The van der Waals surface area contributed by atoms with Crippen LogP contribution in [0.4, 0.5) is 11.4 Å². The first-order valence-electron chi connectivity index (χ1n) is 10.9. The molecule has 0 bridgehead atoms. The summed E-state index contributed by atoms with van der Waals surface area (Å²) in [6.45, 7) is 13.6. The SMILES string of the molecule is C=C(Cl)C(CCCN1CCC2C(C1)c1cccc3c1N2CCN3C)=N/C(C)=C\C. The zero-order valence-corrected chi connectivity index (χ0v) is 18.8. The van der Waals surface area contributed by atoms with E-state index < -0.39 is 0 Å². The van der Waals surface area contributed by atoms with Crippen LogP contribution in [0.25, 0.3) is 0 Å². The van der Waals surface area contributed by atoms with Crippen LogP contribution in [0.3, 0.4) is 0 Å². The second kappa shape index (κ2) is 8.53. The summed E-state index contributed by atoms with van der Waals surface area (Å²) < 4.78 is 0. The van der Waals surface area contributed by atoms with Gasteiger partial charge < -0.3 is 14.7 Å². The van der Waals surface area contributed by atoms with Crippen molar-refractivity contribution in [1.29, 1.82) is 0 Å². The van der Waals surface area contributed by atoms with Gasteiger partial charge >= 0.3 is 0 Å². The predicted octanol–water partition coefficient (Wildman–Crippen LogP) is 5.01. The molecule has 29 heavy (non-hydrogen) atoms. The molecule has 0 spiro atoms. The molecule has 5 heteroatoms. The number of anilines is 2. The summed E-state index contributed by atoms with van der Waals surface area (Å²) in [6, 6.07) is 7.57. The van der Waals surface area contributed by atoms with Gasteiger partial charge in [0, 0.05) is 50.9 Å². The summed E-state index contributed by atoms with van der Waals surface area (Å²) in [5.41, 5.74) is 6.40. The topological polar surface area (TPSA) is 22.1 Å². The highest BCUT2D eigenvalue weighted by Gasteiger charge is 2.44. The van der Waals surface area contributed by atoms with E-state index in [2.05, 4.69) is 51.5 Å². The molecule has 2 unspecified atom stereocenters. The summed E-state index contributed by atoms with van der Waals surface area (Å²) in [5.74, 6) is 0.631. The fourth-order valence-corrected chi connectivity index (χ4v) is 5.32. The molecule has 0 radical (unpaired) electrons. The maximum atomic E-state index is 6.18. The van der Waals surface area contributed by atoms with Crippen LogP contribution < -0.4 is 9.80 Å². The van der Waals surface area contributed by atoms with Crippen LogP contribution in [0.5, 0.6) is 0 Å². The average Bonchev–Trinajstić information content (AvgIpc) is 3.04. The van der Waals surface area contributed by atoms with Gasteiger partial charge in [-0.1, -0.05) is 36.4 Å². The van der Waals surface area contributed by atoms with E-state index in [4.69, 9.17) is 11.6 Å². The van der Waals surface area contributed by atoms with E-state index in [-0.39, 0.29) is 0 Å². The molecule has 0 amide bonds. The van der Waals surface area contributed by atoms with Crippen LogP contribution in [0.15, 0.2) is 46.6 Å². The van der Waals surface area contributed by atoms with Crippen molar-refractivity contribution < 1.29 is 0 Å². The molecule has 1 fully saturated rings. The Hall–Kier alpha value is -1.78. The molecule has 1 aromatic rings. The smallest absolute Gasteiger partial charge is 0.0644 e. The van der Waals surface area contributed by atoms with Crippen molar-refractivity contribution in [2.75, 3.05) is 49.6 Å². The third-order valence-electron chi connectivity index (χ3n) is 6.81. The number of para-hydroxylation sites is 1. The molecule has 1 aromatic carbocycles. The van der Waals surface area contributed by atoms with Gasteiger partial charge in [0.05, 0.1) is 22.1 Å². The highest BCUT2D eigenvalue weighted by Crippen LogP contribution is 2.50. The summed E-state index contributed by atoms with van der Waals surface area (Å²) in [6.07, 6.45) is 5.21. The Kier molecular flexibility index (Phi) is 6.03. The third kappa shape index (κ3) is 3.97. The van der Waals surface area contributed by atoms with Gasteiger partial charge in [-0.15, -0.1) is 0 Å². The Morgan fingerprint density at radius 3 is 2.90 bits per heavy atom. The van der Waals surface area contributed by atoms with Gasteiger partial charge in [-0.05, 0) is 51.3 Å². The molecule has 0 aliphatic carbocycles. The number of likely N-dealkylation sites (tertiary alicyclic amines) is 1. The van der Waals surface area contributed by atoms with E-state index in [1.807, 2.05) is 19.9 Å². The zero-order valence-electron chi connectivity index (χ0n) is 18.0. The number of likely N-dealkylation sites (N-methyl/N-ethyl adjacent to an activating group) is 1. The molecule has 0 aromatic heterocycles. The molecule has 1 saturated heterocycles. The second-order valence-electron chi connectivity index (χ2n) is 8.59. The van der Waals surface area contributed by atoms with Gasteiger partial charge in [0.25, 0.3) is 0 Å². The minimum absolute atomic E-state index is 0.570. The first-order chi connectivity index (χ1) is 14.0. The molecule has 0 saturated carbocycles. The Morgan fingerprint density at radius 1 is 1.31 bits per heavy atom. The number of piperidine rings is 1. The van der Waals surface area contributed by atoms with Crippen molar-refractivity contribution in [3.8, 4) is 0 Å². The zero-order chi connectivity index (χ0) is 20.5. The number of hydrogen-bond donors (Lipinski definition) is 0. The first-order valence-corrected chi connectivity index (χ1v) is 11.3. The molecule has 0 N–H and O–H groups in total. The fourth-order valence-electron chi connectivity index (χ4n) is 5.18. The van der Waals surface area contributed by atoms with Gasteiger partial charge in [-0.25, -0.2) is 0 Å². The summed E-state index contributed by atoms with van der Waals surface area (Å²) >= 11 is 6.18. The Balaban J connectivity index is 1.41. The maximum absolute atomic E-state index is 6.18. The predicted molar refractivity (Wildman–Crippen MR) is 126 cm³/mol. The van der Waals surface area contributed by atoms with Gasteiger partial charge in [-0.3, -0.25) is 4.99 Å². The number of fused-ring (bicyclic) bond motifs is 3. The number of aliphatic imine (C=N–C) groups is 1. The van der Waals surface area contributed by atoms with E-state index in [0.29, 0.717) is 17.0 Å². The highest BCUT2D eigenvalue weighted by atomic mass is 35.5. The number of hydrogen-bond acceptors (Lipinski definition) is 4. The second-order valence-corrected chi connectivity index (χ2v) is 9.05. The molecule has 3 aliphatic heterocycles. The highest BCUT2D eigenvalue weighted by molar-refractivity contribution is 6.43. The number of benzene rings is 1. The van der Waals surface area contributed by atoms with Gasteiger partial charge in [-0.2, -0.15) is 0 Å². The van der Waals surface area contributed by atoms with Crippen LogP contribution >= 0.6 is 11.6 Å². The molecule has 4 nitrogen and oxygen atoms in total. The lowest BCUT2D eigenvalue weighted by atomic mass is 9.89. The Labute approximate surface area is 180 Å². The fraction of sp³-hybridized carbons (Fsp3) is 0.542. The summed E-state index contributed by atoms with van der Waals surface area (Å²) in [4.78, 5) is 12.4. The quantitative estimate of drug-likeness (QED) is 0.613. The van der Waals surface area contributed by atoms with Crippen molar-refractivity contribution in [2.45, 2.75) is 45.1 Å². The van der Waals surface area contributed by atoms with Crippen molar-refractivity contribution in [1.82, 2.24) is 4.90 Å². The number of rotatable bonds is 6. The molecule has 2 atom stereocenters. The molecular formula is C24H33ClN4. The molecule has 156 valence electrons. The first kappa shape index (κ1) is 20.5. The largest absolute Gasteiger partial charge is 0.371 e. The number of allylic oxidation sites excluding steroid dienone is 3. The van der Waals surface area contributed by atoms with Crippen LogP contribution in [-0.4, -0.2) is 56.4 Å². The maximum Gasteiger partial charge on any atom is 0.0644 e. The van der Waals surface area contributed by atoms with Gasteiger partial charge in [0.1, 0.15) is 0 Å². The summed E-state index contributed by atoms with van der Waals surface area (Å²) in [5, 5.41) is 0.570. The van der Waals surface area contributed by atoms with Gasteiger partial charge in [0.2, 0.25) is 0 Å². The Morgan fingerprint density at radius 2 is 2.14 bits per heavy atom. The van der Waals surface area contributed by atoms with Crippen LogP contribution in [0, 0.1) is 0 Å². The molecule has 3 heterocycles. The van der Waals surface area contributed by atoms with E-state index in [9.17, 15) is 0 Å². The molecule has 4 rings (SSSR count). The van der Waals surface area contributed by atoms with E-state index in [1.165, 1.54) is 24.3 Å². The lowest BCUT2D eigenvalue weighted by Crippen LogP contribution is -2.49. The number of halogens is 1. The van der Waals surface area contributed by atoms with Crippen LogP contribution in [-0.2, 0) is 0 Å².